The first kappa shape index (κ1) is 26.9. The lowest BCUT2D eigenvalue weighted by Crippen LogP contribution is -2.46. The highest BCUT2D eigenvalue weighted by Gasteiger charge is 2.35. The summed E-state index contributed by atoms with van der Waals surface area (Å²) in [6, 6.07) is 13.2. The van der Waals surface area contributed by atoms with Crippen LogP contribution in [0.15, 0.2) is 54.7 Å². The molecule has 6 rings (SSSR count). The van der Waals surface area contributed by atoms with E-state index in [-0.39, 0.29) is 29.2 Å². The minimum absolute atomic E-state index is 0.0523. The molecule has 4 heterocycles. The second-order valence-electron chi connectivity index (χ2n) is 10.7. The number of hydrogen-bond donors (Lipinski definition) is 1. The highest BCUT2D eigenvalue weighted by atomic mass is 35.5. The Hall–Kier alpha value is -3.30. The van der Waals surface area contributed by atoms with Crippen molar-refractivity contribution in [2.45, 2.75) is 44.6 Å². The Balaban J connectivity index is 1.23. The van der Waals surface area contributed by atoms with Gasteiger partial charge in [0.05, 0.1) is 17.4 Å². The van der Waals surface area contributed by atoms with Crippen LogP contribution in [0.3, 0.4) is 0 Å². The van der Waals surface area contributed by atoms with Crippen molar-refractivity contribution in [3.8, 4) is 11.1 Å². The topological polar surface area (TPSA) is 51.7 Å². The molecule has 1 aromatic heterocycles. The lowest BCUT2D eigenvalue weighted by atomic mass is 10.0. The molecule has 2 aromatic carbocycles. The summed E-state index contributed by atoms with van der Waals surface area (Å²) < 4.78 is 41.1. The molecule has 2 fully saturated rings. The first-order chi connectivity index (χ1) is 19.3. The van der Waals surface area contributed by atoms with Crippen LogP contribution in [0, 0.1) is 0 Å². The number of alkyl halides is 3. The molecule has 0 aliphatic carbocycles. The molecule has 3 aliphatic heterocycles. The molecule has 1 atom stereocenters. The maximum atomic E-state index is 13.7. The quantitative estimate of drug-likeness (QED) is 0.380. The Labute approximate surface area is 236 Å². The number of nitrogens with zero attached hydrogens (tertiary/aromatic N) is 4. The van der Waals surface area contributed by atoms with E-state index in [0.29, 0.717) is 24.5 Å². The second-order valence-corrected chi connectivity index (χ2v) is 11.1. The SMILES string of the molecule is O=C(c1ccc(-c2cnc3c(c2)N(Cc2cc(Cl)ccc2C(F)(F)F)CCN3)cc1)N1CCCC1N1CCCC1. The fourth-order valence-electron chi connectivity index (χ4n) is 6.13. The van der Waals surface area contributed by atoms with Crippen molar-refractivity contribution >= 4 is 29.0 Å². The van der Waals surface area contributed by atoms with E-state index in [4.69, 9.17) is 11.6 Å². The van der Waals surface area contributed by atoms with E-state index in [1.54, 1.807) is 6.20 Å². The van der Waals surface area contributed by atoms with E-state index < -0.39 is 11.7 Å². The maximum absolute atomic E-state index is 13.7. The molecule has 3 aliphatic rings. The number of carbonyl (C=O) groups is 1. The van der Waals surface area contributed by atoms with Crippen LogP contribution in [0.1, 0.15) is 47.2 Å². The largest absolute Gasteiger partial charge is 0.416 e. The van der Waals surface area contributed by atoms with E-state index in [1.807, 2.05) is 40.1 Å². The van der Waals surface area contributed by atoms with Crippen LogP contribution in [0.4, 0.5) is 24.7 Å². The van der Waals surface area contributed by atoms with Gasteiger partial charge in [0, 0.05) is 61.6 Å². The molecule has 1 N–H and O–H groups in total. The Morgan fingerprint density at radius 1 is 0.975 bits per heavy atom. The minimum Gasteiger partial charge on any atom is -0.367 e. The van der Waals surface area contributed by atoms with Crippen molar-refractivity contribution in [1.29, 1.82) is 0 Å². The fourth-order valence-corrected chi connectivity index (χ4v) is 6.33. The molecule has 0 bridgehead atoms. The van der Waals surface area contributed by atoms with Gasteiger partial charge in [0.15, 0.2) is 0 Å². The highest BCUT2D eigenvalue weighted by molar-refractivity contribution is 6.30. The lowest BCUT2D eigenvalue weighted by Gasteiger charge is -2.32. The Bertz CT molecular complexity index is 1390. The zero-order valence-electron chi connectivity index (χ0n) is 22.1. The normalized spacial score (nSPS) is 19.6. The average Bonchev–Trinajstić information content (AvgIpc) is 3.65. The first-order valence-corrected chi connectivity index (χ1v) is 14.2. The standard InChI is InChI=1S/C30H31ClF3N5O/c31-24-9-10-25(30(32,33)34)23(16-24)19-38-15-11-35-28-26(38)17-22(18-36-28)20-5-7-21(8-6-20)29(40)39-14-3-4-27(39)37-12-1-2-13-37/h5-10,16-18,27H,1-4,11-15,19H2,(H,35,36). The molecule has 6 nitrogen and oxygen atoms in total. The van der Waals surface area contributed by atoms with Crippen molar-refractivity contribution in [2.75, 3.05) is 42.9 Å². The molecule has 1 unspecified atom stereocenters. The molecule has 3 aromatic rings. The van der Waals surface area contributed by atoms with Crippen LogP contribution in [-0.4, -0.2) is 59.6 Å². The van der Waals surface area contributed by atoms with Crippen molar-refractivity contribution in [3.63, 3.8) is 0 Å². The molecule has 0 radical (unpaired) electrons. The second kappa shape index (κ2) is 10.9. The number of likely N-dealkylation sites (tertiary alicyclic amines) is 2. The zero-order chi connectivity index (χ0) is 27.9. The lowest BCUT2D eigenvalue weighted by molar-refractivity contribution is -0.138. The highest BCUT2D eigenvalue weighted by Crippen LogP contribution is 2.37. The number of hydrogen-bond acceptors (Lipinski definition) is 5. The van der Waals surface area contributed by atoms with Gasteiger partial charge in [0.25, 0.3) is 5.91 Å². The molecular weight excluding hydrogens is 539 g/mol. The van der Waals surface area contributed by atoms with Gasteiger partial charge in [-0.3, -0.25) is 9.69 Å². The van der Waals surface area contributed by atoms with Crippen molar-refractivity contribution in [2.24, 2.45) is 0 Å². The van der Waals surface area contributed by atoms with Crippen LogP contribution in [0.2, 0.25) is 5.02 Å². The Kier molecular flexibility index (Phi) is 7.35. The number of rotatable bonds is 5. The van der Waals surface area contributed by atoms with E-state index >= 15 is 0 Å². The molecule has 0 spiro atoms. The average molecular weight is 570 g/mol. The Morgan fingerprint density at radius 3 is 2.50 bits per heavy atom. The van der Waals surface area contributed by atoms with Crippen LogP contribution in [-0.2, 0) is 12.7 Å². The van der Waals surface area contributed by atoms with Crippen LogP contribution in [0.25, 0.3) is 11.1 Å². The predicted molar refractivity (Wildman–Crippen MR) is 151 cm³/mol. The number of halogens is 4. The summed E-state index contributed by atoms with van der Waals surface area (Å²) in [6.45, 7) is 4.02. The molecule has 210 valence electrons. The monoisotopic (exact) mass is 569 g/mol. The summed E-state index contributed by atoms with van der Waals surface area (Å²) >= 11 is 6.07. The van der Waals surface area contributed by atoms with Gasteiger partial charge in [-0.2, -0.15) is 13.2 Å². The van der Waals surface area contributed by atoms with Crippen LogP contribution < -0.4 is 10.2 Å². The molecule has 1 amide bonds. The smallest absolute Gasteiger partial charge is 0.367 e. The molecule has 40 heavy (non-hydrogen) atoms. The van der Waals surface area contributed by atoms with Gasteiger partial charge in [-0.1, -0.05) is 23.7 Å². The van der Waals surface area contributed by atoms with Gasteiger partial charge in [-0.05, 0) is 73.2 Å². The van der Waals surface area contributed by atoms with Gasteiger partial charge in [-0.25, -0.2) is 4.98 Å². The van der Waals surface area contributed by atoms with Crippen molar-refractivity contribution in [3.05, 3.63) is 76.4 Å². The third-order valence-corrected chi connectivity index (χ3v) is 8.36. The minimum atomic E-state index is -4.47. The fraction of sp³-hybridized carbons (Fsp3) is 0.400. The molecule has 0 saturated carbocycles. The third kappa shape index (κ3) is 5.37. The van der Waals surface area contributed by atoms with Gasteiger partial charge < -0.3 is 15.1 Å². The molecule has 2 saturated heterocycles. The van der Waals surface area contributed by atoms with Gasteiger partial charge in [-0.15, -0.1) is 0 Å². The number of benzene rings is 2. The summed E-state index contributed by atoms with van der Waals surface area (Å²) in [5.74, 6) is 0.682. The summed E-state index contributed by atoms with van der Waals surface area (Å²) in [5.41, 5.74) is 2.52. The number of pyridine rings is 1. The van der Waals surface area contributed by atoms with Crippen molar-refractivity contribution in [1.82, 2.24) is 14.8 Å². The maximum Gasteiger partial charge on any atom is 0.416 e. The van der Waals surface area contributed by atoms with E-state index in [2.05, 4.69) is 15.2 Å². The summed E-state index contributed by atoms with van der Waals surface area (Å²) in [7, 11) is 0. The zero-order valence-corrected chi connectivity index (χ0v) is 22.8. The molecule has 10 heteroatoms. The van der Waals surface area contributed by atoms with Crippen LogP contribution in [0.5, 0.6) is 0 Å². The van der Waals surface area contributed by atoms with Gasteiger partial charge in [0.2, 0.25) is 0 Å². The summed E-state index contributed by atoms with van der Waals surface area (Å²) in [4.78, 5) is 24.3. The number of carbonyl (C=O) groups excluding carboxylic acids is 1. The van der Waals surface area contributed by atoms with E-state index in [9.17, 15) is 18.0 Å². The number of nitrogens with one attached hydrogen (secondary N) is 1. The molecular formula is C30H31ClF3N5O. The summed E-state index contributed by atoms with van der Waals surface area (Å²) in [6.07, 6.45) is 1.89. The number of amides is 1. The van der Waals surface area contributed by atoms with E-state index in [0.717, 1.165) is 55.4 Å². The summed E-state index contributed by atoms with van der Waals surface area (Å²) in [5, 5.41) is 3.50. The number of fused-ring (bicyclic) bond motifs is 1. The van der Waals surface area contributed by atoms with Crippen LogP contribution >= 0.6 is 11.6 Å². The van der Waals surface area contributed by atoms with Gasteiger partial charge in [0.1, 0.15) is 5.82 Å². The Morgan fingerprint density at radius 2 is 1.75 bits per heavy atom. The predicted octanol–water partition coefficient (Wildman–Crippen LogP) is 6.51. The van der Waals surface area contributed by atoms with E-state index in [1.165, 1.54) is 25.0 Å². The number of anilines is 2. The first-order valence-electron chi connectivity index (χ1n) is 13.8. The van der Waals surface area contributed by atoms with Gasteiger partial charge >= 0.3 is 6.18 Å². The number of aromatic nitrogens is 1. The third-order valence-electron chi connectivity index (χ3n) is 8.13. The van der Waals surface area contributed by atoms with Crippen molar-refractivity contribution < 1.29 is 18.0 Å².